The zero-order valence-electron chi connectivity index (χ0n) is 12.6. The molecule has 0 atom stereocenters. The number of hydrogen-bond donors (Lipinski definition) is 0. The van der Waals surface area contributed by atoms with Crippen LogP contribution < -0.4 is 34.5 Å². The Morgan fingerprint density at radius 1 is 0.864 bits per heavy atom. The van der Waals surface area contributed by atoms with Crippen molar-refractivity contribution in [1.82, 2.24) is 0 Å². The number of benzene rings is 2. The Bertz CT molecular complexity index is 742. The van der Waals surface area contributed by atoms with Gasteiger partial charge in [0.1, 0.15) is 10.1 Å². The quantitative estimate of drug-likeness (QED) is 0.452. The molecule has 0 saturated heterocycles. The van der Waals surface area contributed by atoms with Gasteiger partial charge in [-0.05, 0) is 48.5 Å². The van der Waals surface area contributed by atoms with Gasteiger partial charge in [-0.1, -0.05) is 0 Å². The molecular weight excluding hydrogens is 313 g/mol. The summed E-state index contributed by atoms with van der Waals surface area (Å²) in [6.07, 6.45) is 0. The third kappa shape index (κ3) is 5.19. The Kier molecular flexibility index (Phi) is 6.70. The fourth-order valence-corrected chi connectivity index (χ4v) is 2.08. The summed E-state index contributed by atoms with van der Waals surface area (Å²) < 4.78 is 32.4. The third-order valence-electron chi connectivity index (χ3n) is 2.77. The molecule has 0 bridgehead atoms. The van der Waals surface area contributed by atoms with E-state index in [-0.39, 0.29) is 34.5 Å². The van der Waals surface area contributed by atoms with Crippen molar-refractivity contribution in [2.45, 2.75) is 4.90 Å². The first kappa shape index (κ1) is 18.8. The Hall–Kier alpha value is -1.25. The van der Waals surface area contributed by atoms with E-state index in [1.54, 1.807) is 0 Å². The van der Waals surface area contributed by atoms with Crippen LogP contribution in [-0.4, -0.2) is 27.1 Å². The van der Waals surface area contributed by atoms with E-state index >= 15 is 0 Å². The largest absolute Gasteiger partial charge is 1.00 e. The predicted molar refractivity (Wildman–Crippen MR) is 79.4 cm³/mol. The molecule has 8 heteroatoms. The van der Waals surface area contributed by atoms with Gasteiger partial charge in [-0.25, -0.2) is 8.42 Å². The van der Waals surface area contributed by atoms with Crippen molar-refractivity contribution in [1.29, 1.82) is 0 Å². The zero-order chi connectivity index (χ0) is 15.5. The molecule has 0 amide bonds. The molecule has 0 aliphatic carbocycles. The van der Waals surface area contributed by atoms with Gasteiger partial charge in [0.2, 0.25) is 0 Å². The number of nitrogens with zero attached hydrogens (tertiary/aromatic N) is 3. The predicted octanol–water partition coefficient (Wildman–Crippen LogP) is 0.0761. The van der Waals surface area contributed by atoms with Crippen molar-refractivity contribution in [2.24, 2.45) is 10.2 Å². The average molecular weight is 327 g/mol. The van der Waals surface area contributed by atoms with Crippen LogP contribution in [0.15, 0.2) is 63.7 Å². The summed E-state index contributed by atoms with van der Waals surface area (Å²) in [4.78, 5) is 1.69. The molecule has 0 fully saturated rings. The molecule has 0 aromatic heterocycles. The molecule has 22 heavy (non-hydrogen) atoms. The molecule has 2 aromatic rings. The molecule has 2 aromatic carbocycles. The van der Waals surface area contributed by atoms with Crippen LogP contribution in [0.4, 0.5) is 17.1 Å². The summed E-state index contributed by atoms with van der Waals surface area (Å²) >= 11 is 0. The maximum Gasteiger partial charge on any atom is 1.00 e. The molecule has 0 unspecified atom stereocenters. The molecule has 0 saturated carbocycles. The van der Waals surface area contributed by atoms with Gasteiger partial charge in [-0.2, -0.15) is 10.2 Å². The van der Waals surface area contributed by atoms with Gasteiger partial charge in [0, 0.05) is 19.8 Å². The topological polar surface area (TPSA) is 85.2 Å². The smallest absolute Gasteiger partial charge is 0.744 e. The van der Waals surface area contributed by atoms with Crippen LogP contribution in [0.2, 0.25) is 0 Å². The fraction of sp³-hybridized carbons (Fsp3) is 0.143. The molecule has 0 aliphatic rings. The van der Waals surface area contributed by atoms with Crippen LogP contribution in [0, 0.1) is 0 Å². The van der Waals surface area contributed by atoms with Gasteiger partial charge in [-0.15, -0.1) is 0 Å². The summed E-state index contributed by atoms with van der Waals surface area (Å²) in [5, 5.41) is 8.04. The molecule has 0 aliphatic heterocycles. The van der Waals surface area contributed by atoms with Gasteiger partial charge in [0.15, 0.2) is 0 Å². The van der Waals surface area contributed by atoms with E-state index in [0.29, 0.717) is 11.4 Å². The van der Waals surface area contributed by atoms with Crippen LogP contribution in [-0.2, 0) is 10.1 Å². The summed E-state index contributed by atoms with van der Waals surface area (Å²) in [7, 11) is -0.533. The van der Waals surface area contributed by atoms with Crippen molar-refractivity contribution < 1.29 is 42.5 Å². The van der Waals surface area contributed by atoms with E-state index < -0.39 is 10.1 Å². The molecule has 2 rings (SSSR count). The first-order valence-corrected chi connectivity index (χ1v) is 7.52. The average Bonchev–Trinajstić information content (AvgIpc) is 2.45. The van der Waals surface area contributed by atoms with Gasteiger partial charge in [0.05, 0.1) is 16.3 Å². The maximum absolute atomic E-state index is 10.8. The Morgan fingerprint density at radius 2 is 1.27 bits per heavy atom. The first-order valence-electron chi connectivity index (χ1n) is 6.11. The molecule has 6 nitrogen and oxygen atoms in total. The Labute approximate surface area is 151 Å². The minimum absolute atomic E-state index is 0. The second-order valence-electron chi connectivity index (χ2n) is 4.56. The molecule has 0 radical (unpaired) electrons. The molecule has 0 heterocycles. The van der Waals surface area contributed by atoms with Crippen molar-refractivity contribution >= 4 is 27.2 Å². The minimum atomic E-state index is -4.43. The van der Waals surface area contributed by atoms with Gasteiger partial charge >= 0.3 is 29.6 Å². The number of anilines is 1. The summed E-state index contributed by atoms with van der Waals surface area (Å²) in [6.45, 7) is 0. The molecule has 0 N–H and O–H groups in total. The van der Waals surface area contributed by atoms with E-state index in [1.165, 1.54) is 24.3 Å². The van der Waals surface area contributed by atoms with Crippen LogP contribution in [0.25, 0.3) is 0 Å². The summed E-state index contributed by atoms with van der Waals surface area (Å²) in [6, 6.07) is 12.8. The minimum Gasteiger partial charge on any atom is -0.744 e. The van der Waals surface area contributed by atoms with Crippen LogP contribution in [0.1, 0.15) is 0 Å². The normalized spacial score (nSPS) is 11.2. The van der Waals surface area contributed by atoms with E-state index in [1.807, 2.05) is 43.3 Å². The van der Waals surface area contributed by atoms with Gasteiger partial charge in [-0.3, -0.25) is 0 Å². The van der Waals surface area contributed by atoms with E-state index in [2.05, 4.69) is 10.2 Å². The van der Waals surface area contributed by atoms with E-state index in [4.69, 9.17) is 0 Å². The summed E-state index contributed by atoms with van der Waals surface area (Å²) in [5.74, 6) is 0. The number of azo groups is 1. The van der Waals surface area contributed by atoms with Crippen molar-refractivity contribution in [3.05, 3.63) is 48.5 Å². The van der Waals surface area contributed by atoms with Gasteiger partial charge < -0.3 is 9.45 Å². The Morgan fingerprint density at radius 3 is 1.64 bits per heavy atom. The van der Waals surface area contributed by atoms with Crippen LogP contribution >= 0.6 is 0 Å². The number of hydrogen-bond acceptors (Lipinski definition) is 6. The van der Waals surface area contributed by atoms with Gasteiger partial charge in [0.25, 0.3) is 0 Å². The van der Waals surface area contributed by atoms with E-state index in [0.717, 1.165) is 5.69 Å². The Balaban J connectivity index is 0.00000242. The second-order valence-corrected chi connectivity index (χ2v) is 5.94. The maximum atomic E-state index is 10.8. The molecular formula is C14H14N3NaO3S. The standard InChI is InChI=1S/C14H15N3O3S.Na/c1-17(2)13-7-3-11(4-8-13)15-16-12-5-9-14(10-6-12)21(18,19)20;/h3-10H,1-2H3,(H,18,19,20);/q;+1/p-1/b16-15+;. The van der Waals surface area contributed by atoms with Crippen molar-refractivity contribution in [2.75, 3.05) is 19.0 Å². The third-order valence-corrected chi connectivity index (χ3v) is 3.62. The number of rotatable bonds is 4. The van der Waals surface area contributed by atoms with Crippen molar-refractivity contribution in [3.63, 3.8) is 0 Å². The SMILES string of the molecule is CN(C)c1ccc(/N=N/c2ccc(S(=O)(=O)[O-])cc2)cc1.[Na+]. The second kappa shape index (κ2) is 7.85. The first-order chi connectivity index (χ1) is 9.86. The van der Waals surface area contributed by atoms with Crippen molar-refractivity contribution in [3.8, 4) is 0 Å². The van der Waals surface area contributed by atoms with Crippen LogP contribution in [0.5, 0.6) is 0 Å². The molecule has 110 valence electrons. The van der Waals surface area contributed by atoms with Crippen LogP contribution in [0.3, 0.4) is 0 Å². The van der Waals surface area contributed by atoms with E-state index in [9.17, 15) is 13.0 Å². The summed E-state index contributed by atoms with van der Waals surface area (Å²) in [5.41, 5.74) is 2.21. The molecule has 0 spiro atoms. The fourth-order valence-electron chi connectivity index (χ4n) is 1.61. The zero-order valence-corrected chi connectivity index (χ0v) is 15.4. The monoisotopic (exact) mass is 327 g/mol.